The average Bonchev–Trinajstić information content (AvgIpc) is 2.37. The van der Waals surface area contributed by atoms with Gasteiger partial charge in [-0.15, -0.1) is 0 Å². The second-order valence-corrected chi connectivity index (χ2v) is 4.39. The summed E-state index contributed by atoms with van der Waals surface area (Å²) < 4.78 is 31.8. The van der Waals surface area contributed by atoms with Gasteiger partial charge in [0, 0.05) is 11.6 Å². The molecule has 0 amide bonds. The monoisotopic (exact) mass is 263 g/mol. The van der Waals surface area contributed by atoms with Gasteiger partial charge in [0.2, 0.25) is 0 Å². The maximum atomic E-state index is 13.2. The van der Waals surface area contributed by atoms with Crippen molar-refractivity contribution in [3.8, 4) is 5.75 Å². The Morgan fingerprint density at radius 1 is 1.11 bits per heavy atom. The van der Waals surface area contributed by atoms with E-state index in [1.807, 2.05) is 0 Å². The first-order valence-corrected chi connectivity index (χ1v) is 5.98. The maximum Gasteiger partial charge on any atom is 0.124 e. The summed E-state index contributed by atoms with van der Waals surface area (Å²) in [5, 5.41) is 0. The molecule has 1 atom stereocenters. The number of benzene rings is 2. The maximum absolute atomic E-state index is 13.2. The van der Waals surface area contributed by atoms with Gasteiger partial charge in [-0.3, -0.25) is 0 Å². The molecule has 0 heterocycles. The Kier molecular flexibility index (Phi) is 4.12. The second kappa shape index (κ2) is 5.80. The Morgan fingerprint density at radius 2 is 1.84 bits per heavy atom. The summed E-state index contributed by atoms with van der Waals surface area (Å²) in [6.07, 6.45) is 0. The van der Waals surface area contributed by atoms with Crippen molar-refractivity contribution >= 4 is 0 Å². The highest BCUT2D eigenvalue weighted by Crippen LogP contribution is 2.25. The molecule has 0 saturated heterocycles. The van der Waals surface area contributed by atoms with Crippen LogP contribution >= 0.6 is 0 Å². The van der Waals surface area contributed by atoms with Gasteiger partial charge < -0.3 is 10.5 Å². The van der Waals surface area contributed by atoms with E-state index >= 15 is 0 Å². The van der Waals surface area contributed by atoms with Gasteiger partial charge in [0.25, 0.3) is 0 Å². The first-order chi connectivity index (χ1) is 9.06. The Labute approximate surface area is 110 Å². The summed E-state index contributed by atoms with van der Waals surface area (Å²) >= 11 is 0. The second-order valence-electron chi connectivity index (χ2n) is 4.39. The third-order valence-electron chi connectivity index (χ3n) is 2.75. The summed E-state index contributed by atoms with van der Waals surface area (Å²) in [7, 11) is 0. The van der Waals surface area contributed by atoms with Crippen LogP contribution in [-0.4, -0.2) is 0 Å². The molecule has 2 rings (SSSR count). The SMILES string of the molecule is CC(N)c1cc(F)ccc1OCc1cccc(F)c1. The molecule has 2 nitrogen and oxygen atoms in total. The van der Waals surface area contributed by atoms with Crippen LogP contribution in [0.2, 0.25) is 0 Å². The number of nitrogens with two attached hydrogens (primary N) is 1. The lowest BCUT2D eigenvalue weighted by Gasteiger charge is -2.14. The van der Waals surface area contributed by atoms with E-state index in [1.54, 1.807) is 19.1 Å². The van der Waals surface area contributed by atoms with Crippen molar-refractivity contribution in [2.24, 2.45) is 5.73 Å². The fraction of sp³-hybridized carbons (Fsp3) is 0.200. The lowest BCUT2D eigenvalue weighted by molar-refractivity contribution is 0.300. The van der Waals surface area contributed by atoms with E-state index in [1.165, 1.54) is 30.3 Å². The number of hydrogen-bond donors (Lipinski definition) is 1. The molecule has 2 aromatic carbocycles. The predicted octanol–water partition coefficient (Wildman–Crippen LogP) is 3.56. The van der Waals surface area contributed by atoms with Crippen LogP contribution in [0.1, 0.15) is 24.1 Å². The van der Waals surface area contributed by atoms with E-state index in [4.69, 9.17) is 10.5 Å². The van der Waals surface area contributed by atoms with E-state index in [9.17, 15) is 8.78 Å². The molecule has 0 saturated carbocycles. The molecule has 0 aliphatic carbocycles. The van der Waals surface area contributed by atoms with Crippen LogP contribution in [-0.2, 0) is 6.61 Å². The molecule has 0 spiro atoms. The molecule has 0 radical (unpaired) electrons. The van der Waals surface area contributed by atoms with Crippen molar-refractivity contribution in [3.63, 3.8) is 0 Å². The van der Waals surface area contributed by atoms with Gasteiger partial charge in [-0.05, 0) is 42.8 Å². The largest absolute Gasteiger partial charge is 0.489 e. The van der Waals surface area contributed by atoms with Crippen molar-refractivity contribution in [1.29, 1.82) is 0 Å². The fourth-order valence-corrected chi connectivity index (χ4v) is 1.79. The van der Waals surface area contributed by atoms with Crippen LogP contribution in [0.25, 0.3) is 0 Å². The topological polar surface area (TPSA) is 35.2 Å². The minimum Gasteiger partial charge on any atom is -0.489 e. The van der Waals surface area contributed by atoms with Crippen LogP contribution in [0, 0.1) is 11.6 Å². The van der Waals surface area contributed by atoms with Gasteiger partial charge in [0.05, 0.1) is 0 Å². The summed E-state index contributed by atoms with van der Waals surface area (Å²) in [5.74, 6) is -0.154. The van der Waals surface area contributed by atoms with Crippen LogP contribution in [0.15, 0.2) is 42.5 Å². The standard InChI is InChI=1S/C15H15F2NO/c1-10(18)14-8-13(17)5-6-15(14)19-9-11-3-2-4-12(16)7-11/h2-8,10H,9,18H2,1H3. The third-order valence-corrected chi connectivity index (χ3v) is 2.75. The Morgan fingerprint density at radius 3 is 2.53 bits per heavy atom. The van der Waals surface area contributed by atoms with E-state index in [-0.39, 0.29) is 24.3 Å². The molecule has 2 aromatic rings. The number of ether oxygens (including phenoxy) is 1. The molecule has 4 heteroatoms. The zero-order chi connectivity index (χ0) is 13.8. The minimum absolute atomic E-state index is 0.211. The molecule has 19 heavy (non-hydrogen) atoms. The van der Waals surface area contributed by atoms with E-state index in [2.05, 4.69) is 0 Å². The molecule has 0 bridgehead atoms. The van der Waals surface area contributed by atoms with Gasteiger partial charge in [0.15, 0.2) is 0 Å². The Bertz CT molecular complexity index is 570. The highest BCUT2D eigenvalue weighted by atomic mass is 19.1. The zero-order valence-electron chi connectivity index (χ0n) is 10.6. The molecule has 0 aromatic heterocycles. The molecule has 2 N–H and O–H groups in total. The molecule has 100 valence electrons. The summed E-state index contributed by atoms with van der Waals surface area (Å²) in [6.45, 7) is 1.97. The molecule has 1 unspecified atom stereocenters. The lowest BCUT2D eigenvalue weighted by atomic mass is 10.1. The Balaban J connectivity index is 2.15. The summed E-state index contributed by atoms with van der Waals surface area (Å²) in [4.78, 5) is 0. The van der Waals surface area contributed by atoms with Crippen molar-refractivity contribution in [2.75, 3.05) is 0 Å². The van der Waals surface area contributed by atoms with Crippen LogP contribution in [0.4, 0.5) is 8.78 Å². The first-order valence-electron chi connectivity index (χ1n) is 5.98. The number of halogens is 2. The number of hydrogen-bond acceptors (Lipinski definition) is 2. The zero-order valence-corrected chi connectivity index (χ0v) is 10.6. The lowest BCUT2D eigenvalue weighted by Crippen LogP contribution is -2.08. The van der Waals surface area contributed by atoms with Gasteiger partial charge in [-0.25, -0.2) is 8.78 Å². The summed E-state index contributed by atoms with van der Waals surface area (Å²) in [5.41, 5.74) is 7.07. The van der Waals surface area contributed by atoms with Crippen LogP contribution in [0.5, 0.6) is 5.75 Å². The van der Waals surface area contributed by atoms with Crippen molar-refractivity contribution < 1.29 is 13.5 Å². The van der Waals surface area contributed by atoms with E-state index in [0.29, 0.717) is 16.9 Å². The van der Waals surface area contributed by atoms with Gasteiger partial charge in [-0.2, -0.15) is 0 Å². The van der Waals surface area contributed by atoms with Gasteiger partial charge in [-0.1, -0.05) is 12.1 Å². The van der Waals surface area contributed by atoms with Crippen molar-refractivity contribution in [2.45, 2.75) is 19.6 Å². The Hall–Kier alpha value is -1.94. The molecule has 0 aliphatic heterocycles. The van der Waals surface area contributed by atoms with Crippen molar-refractivity contribution in [3.05, 3.63) is 65.2 Å². The highest BCUT2D eigenvalue weighted by molar-refractivity contribution is 5.36. The third kappa shape index (κ3) is 3.51. The number of rotatable bonds is 4. The van der Waals surface area contributed by atoms with Crippen LogP contribution < -0.4 is 10.5 Å². The van der Waals surface area contributed by atoms with E-state index < -0.39 is 0 Å². The van der Waals surface area contributed by atoms with Crippen molar-refractivity contribution in [1.82, 2.24) is 0 Å². The fourth-order valence-electron chi connectivity index (χ4n) is 1.79. The minimum atomic E-state index is -0.356. The quantitative estimate of drug-likeness (QED) is 0.915. The average molecular weight is 263 g/mol. The molecular formula is C15H15F2NO. The molecule has 0 aliphatic rings. The van der Waals surface area contributed by atoms with Gasteiger partial charge in [0.1, 0.15) is 24.0 Å². The van der Waals surface area contributed by atoms with E-state index in [0.717, 1.165) is 0 Å². The summed E-state index contributed by atoms with van der Waals surface area (Å²) in [6, 6.07) is 10.0. The smallest absolute Gasteiger partial charge is 0.124 e. The molecule has 0 fully saturated rings. The predicted molar refractivity (Wildman–Crippen MR) is 69.7 cm³/mol. The normalized spacial score (nSPS) is 12.2. The molecular weight excluding hydrogens is 248 g/mol. The van der Waals surface area contributed by atoms with Gasteiger partial charge >= 0.3 is 0 Å². The van der Waals surface area contributed by atoms with Crippen LogP contribution in [0.3, 0.4) is 0 Å². The first kappa shape index (κ1) is 13.5. The highest BCUT2D eigenvalue weighted by Gasteiger charge is 2.10.